The molecule has 0 bridgehead atoms. The lowest BCUT2D eigenvalue weighted by Gasteiger charge is -2.15. The van der Waals surface area contributed by atoms with Crippen molar-refractivity contribution in [1.29, 1.82) is 0 Å². The fourth-order valence-corrected chi connectivity index (χ4v) is 2.49. The van der Waals surface area contributed by atoms with Crippen molar-refractivity contribution in [2.24, 2.45) is 0 Å². The van der Waals surface area contributed by atoms with E-state index in [4.69, 9.17) is 0 Å². The van der Waals surface area contributed by atoms with Crippen LogP contribution in [0.15, 0.2) is 30.6 Å². The Morgan fingerprint density at radius 3 is 2.57 bits per heavy atom. The first-order chi connectivity index (χ1) is 11.1. The molecule has 23 heavy (non-hydrogen) atoms. The van der Waals surface area contributed by atoms with Crippen LogP contribution in [0, 0.1) is 12.7 Å². The molecular formula is C16H18FN5O. The van der Waals surface area contributed by atoms with Crippen LogP contribution in [0.2, 0.25) is 0 Å². The van der Waals surface area contributed by atoms with E-state index in [1.54, 1.807) is 31.5 Å². The molecule has 120 valence electrons. The zero-order valence-electron chi connectivity index (χ0n) is 12.8. The highest BCUT2D eigenvalue weighted by molar-refractivity contribution is 6.00. The average Bonchev–Trinajstić information content (AvgIpc) is 3.07. The molecule has 0 unspecified atom stereocenters. The number of rotatable bonds is 3. The van der Waals surface area contributed by atoms with Crippen LogP contribution in [-0.2, 0) is 0 Å². The third-order valence-electron chi connectivity index (χ3n) is 3.80. The lowest BCUT2D eigenvalue weighted by Crippen LogP contribution is -2.22. The molecule has 2 aromatic rings. The smallest absolute Gasteiger partial charge is 0.323 e. The summed E-state index contributed by atoms with van der Waals surface area (Å²) in [4.78, 5) is 22.6. The SMILES string of the molecule is Cc1c(F)cccc1NC(=O)Nc1cnc(N2CCCC2)nc1. The van der Waals surface area contributed by atoms with E-state index in [-0.39, 0.29) is 5.82 Å². The predicted octanol–water partition coefficient (Wildman–Crippen LogP) is 3.17. The predicted molar refractivity (Wildman–Crippen MR) is 87.3 cm³/mol. The van der Waals surface area contributed by atoms with Gasteiger partial charge in [0.05, 0.1) is 18.1 Å². The van der Waals surface area contributed by atoms with Crippen molar-refractivity contribution in [2.75, 3.05) is 28.6 Å². The molecular weight excluding hydrogens is 297 g/mol. The molecule has 7 heteroatoms. The molecule has 1 aromatic carbocycles. The van der Waals surface area contributed by atoms with Crippen LogP contribution in [0.4, 0.5) is 26.5 Å². The van der Waals surface area contributed by atoms with E-state index < -0.39 is 6.03 Å². The molecule has 3 rings (SSSR count). The summed E-state index contributed by atoms with van der Waals surface area (Å²) in [6, 6.07) is 4.08. The average molecular weight is 315 g/mol. The minimum absolute atomic E-state index is 0.360. The van der Waals surface area contributed by atoms with Crippen molar-refractivity contribution in [3.8, 4) is 0 Å². The number of carbonyl (C=O) groups excluding carboxylic acids is 1. The van der Waals surface area contributed by atoms with Crippen molar-refractivity contribution >= 4 is 23.4 Å². The summed E-state index contributed by atoms with van der Waals surface area (Å²) in [5, 5.41) is 5.25. The molecule has 0 saturated carbocycles. The Kier molecular flexibility index (Phi) is 4.36. The Morgan fingerprint density at radius 2 is 1.87 bits per heavy atom. The lowest BCUT2D eigenvalue weighted by atomic mass is 10.2. The van der Waals surface area contributed by atoms with Crippen LogP contribution < -0.4 is 15.5 Å². The van der Waals surface area contributed by atoms with Gasteiger partial charge < -0.3 is 15.5 Å². The molecule has 1 aliphatic heterocycles. The topological polar surface area (TPSA) is 70.2 Å². The van der Waals surface area contributed by atoms with Gasteiger partial charge in [-0.25, -0.2) is 19.2 Å². The van der Waals surface area contributed by atoms with E-state index in [1.165, 1.54) is 6.07 Å². The minimum atomic E-state index is -0.462. The van der Waals surface area contributed by atoms with E-state index in [0.717, 1.165) is 25.9 Å². The van der Waals surface area contributed by atoms with Gasteiger partial charge in [0.25, 0.3) is 0 Å². The van der Waals surface area contributed by atoms with E-state index in [9.17, 15) is 9.18 Å². The number of benzene rings is 1. The lowest BCUT2D eigenvalue weighted by molar-refractivity contribution is 0.262. The summed E-state index contributed by atoms with van der Waals surface area (Å²) < 4.78 is 13.5. The summed E-state index contributed by atoms with van der Waals surface area (Å²) in [6.45, 7) is 3.54. The summed E-state index contributed by atoms with van der Waals surface area (Å²) >= 11 is 0. The minimum Gasteiger partial charge on any atom is -0.341 e. The number of urea groups is 1. The third-order valence-corrected chi connectivity index (χ3v) is 3.80. The molecule has 0 aliphatic carbocycles. The second-order valence-electron chi connectivity index (χ2n) is 5.46. The molecule has 2 N–H and O–H groups in total. The maximum absolute atomic E-state index is 13.5. The highest BCUT2D eigenvalue weighted by Gasteiger charge is 2.14. The number of halogens is 1. The summed E-state index contributed by atoms with van der Waals surface area (Å²) in [5.74, 6) is 0.315. The van der Waals surface area contributed by atoms with Gasteiger partial charge in [-0.2, -0.15) is 0 Å². The van der Waals surface area contributed by atoms with Crippen molar-refractivity contribution in [2.45, 2.75) is 19.8 Å². The molecule has 0 atom stereocenters. The molecule has 0 radical (unpaired) electrons. The molecule has 1 fully saturated rings. The molecule has 1 saturated heterocycles. The maximum Gasteiger partial charge on any atom is 0.323 e. The van der Waals surface area contributed by atoms with Crippen molar-refractivity contribution in [3.63, 3.8) is 0 Å². The number of amides is 2. The van der Waals surface area contributed by atoms with Crippen LogP contribution in [0.5, 0.6) is 0 Å². The van der Waals surface area contributed by atoms with Gasteiger partial charge in [-0.3, -0.25) is 0 Å². The molecule has 0 spiro atoms. The Hall–Kier alpha value is -2.70. The fourth-order valence-electron chi connectivity index (χ4n) is 2.49. The number of nitrogens with one attached hydrogen (secondary N) is 2. The zero-order chi connectivity index (χ0) is 16.2. The quantitative estimate of drug-likeness (QED) is 0.913. The number of hydrogen-bond acceptors (Lipinski definition) is 4. The van der Waals surface area contributed by atoms with Gasteiger partial charge in [-0.05, 0) is 31.9 Å². The van der Waals surface area contributed by atoms with Gasteiger partial charge in [0.2, 0.25) is 5.95 Å². The zero-order valence-corrected chi connectivity index (χ0v) is 12.8. The highest BCUT2D eigenvalue weighted by atomic mass is 19.1. The van der Waals surface area contributed by atoms with Crippen LogP contribution in [0.1, 0.15) is 18.4 Å². The molecule has 6 nitrogen and oxygen atoms in total. The largest absolute Gasteiger partial charge is 0.341 e. The van der Waals surface area contributed by atoms with Gasteiger partial charge in [0.1, 0.15) is 5.82 Å². The van der Waals surface area contributed by atoms with Crippen LogP contribution in [0.25, 0.3) is 0 Å². The Labute approximate surface area is 133 Å². The first-order valence-corrected chi connectivity index (χ1v) is 7.53. The van der Waals surface area contributed by atoms with Gasteiger partial charge in [0.15, 0.2) is 0 Å². The molecule has 1 aromatic heterocycles. The number of anilines is 3. The first kappa shape index (κ1) is 15.2. The van der Waals surface area contributed by atoms with Gasteiger partial charge in [0, 0.05) is 24.3 Å². The molecule has 2 amide bonds. The summed E-state index contributed by atoms with van der Waals surface area (Å²) in [7, 11) is 0. The first-order valence-electron chi connectivity index (χ1n) is 7.53. The van der Waals surface area contributed by atoms with E-state index in [0.29, 0.717) is 22.9 Å². The van der Waals surface area contributed by atoms with Crippen LogP contribution in [-0.4, -0.2) is 29.1 Å². The number of hydrogen-bond donors (Lipinski definition) is 2. The summed E-state index contributed by atoms with van der Waals surface area (Å²) in [6.07, 6.45) is 5.44. The van der Waals surface area contributed by atoms with E-state index >= 15 is 0 Å². The second kappa shape index (κ2) is 6.60. The number of nitrogens with zero attached hydrogens (tertiary/aromatic N) is 3. The standard InChI is InChI=1S/C16H18FN5O/c1-11-13(17)5-4-6-14(11)21-16(23)20-12-9-18-15(19-10-12)22-7-2-3-8-22/h4-6,9-10H,2-3,7-8H2,1H3,(H2,20,21,23). The second-order valence-corrected chi connectivity index (χ2v) is 5.46. The van der Waals surface area contributed by atoms with Crippen LogP contribution in [0.3, 0.4) is 0 Å². The van der Waals surface area contributed by atoms with Gasteiger partial charge >= 0.3 is 6.03 Å². The summed E-state index contributed by atoms with van der Waals surface area (Å²) in [5.41, 5.74) is 1.31. The number of carbonyl (C=O) groups is 1. The van der Waals surface area contributed by atoms with Gasteiger partial charge in [-0.1, -0.05) is 6.07 Å². The number of aromatic nitrogens is 2. The van der Waals surface area contributed by atoms with Crippen LogP contribution >= 0.6 is 0 Å². The Bertz CT molecular complexity index is 698. The Balaban J connectivity index is 1.62. The Morgan fingerprint density at radius 1 is 1.17 bits per heavy atom. The van der Waals surface area contributed by atoms with Gasteiger partial charge in [-0.15, -0.1) is 0 Å². The van der Waals surface area contributed by atoms with E-state index in [1.807, 2.05) is 0 Å². The van der Waals surface area contributed by atoms with Crippen molar-refractivity contribution in [1.82, 2.24) is 9.97 Å². The monoisotopic (exact) mass is 315 g/mol. The fraction of sp³-hybridized carbons (Fsp3) is 0.312. The maximum atomic E-state index is 13.5. The normalized spacial score (nSPS) is 13.9. The highest BCUT2D eigenvalue weighted by Crippen LogP contribution is 2.18. The molecule has 1 aliphatic rings. The van der Waals surface area contributed by atoms with Crippen molar-refractivity contribution < 1.29 is 9.18 Å². The van der Waals surface area contributed by atoms with E-state index in [2.05, 4.69) is 25.5 Å². The third kappa shape index (κ3) is 3.56. The van der Waals surface area contributed by atoms with Crippen molar-refractivity contribution in [3.05, 3.63) is 42.0 Å². The molecule has 2 heterocycles.